The Morgan fingerprint density at radius 1 is 1.17 bits per heavy atom. The van der Waals surface area contributed by atoms with Gasteiger partial charge >= 0.3 is 0 Å². The number of hydrogen-bond donors (Lipinski definition) is 1. The van der Waals surface area contributed by atoms with E-state index >= 15 is 0 Å². The molecule has 1 N–H and O–H groups in total. The lowest BCUT2D eigenvalue weighted by Gasteiger charge is -2.41. The Bertz CT molecular complexity index is 593. The summed E-state index contributed by atoms with van der Waals surface area (Å²) in [5.74, 6) is 1.09. The molecule has 2 heterocycles. The van der Waals surface area contributed by atoms with Crippen LogP contribution in [0.1, 0.15) is 18.1 Å². The fourth-order valence-corrected chi connectivity index (χ4v) is 3.74. The maximum Gasteiger partial charge on any atom is 0.0382 e. The first-order chi connectivity index (χ1) is 8.79. The first-order valence-corrected chi connectivity index (χ1v) is 6.70. The average Bonchev–Trinajstić information content (AvgIpc) is 2.63. The monoisotopic (exact) mass is 235 g/mol. The van der Waals surface area contributed by atoms with E-state index in [1.54, 1.807) is 0 Å². The largest absolute Gasteiger partial charge is 0.384 e. The zero-order valence-corrected chi connectivity index (χ0v) is 10.6. The van der Waals surface area contributed by atoms with Gasteiger partial charge in [-0.05, 0) is 11.5 Å². The van der Waals surface area contributed by atoms with Crippen molar-refractivity contribution in [1.82, 2.24) is 5.32 Å². The van der Waals surface area contributed by atoms with Gasteiger partial charge in [-0.2, -0.15) is 0 Å². The fraction of sp³-hybridized carbons (Fsp3) is 0.294. The molecular weight excluding hydrogens is 218 g/mol. The molecule has 5 rings (SSSR count). The summed E-state index contributed by atoms with van der Waals surface area (Å²) in [6, 6.07) is 8.86. The first-order valence-electron chi connectivity index (χ1n) is 6.70. The molecule has 0 spiro atoms. The molecule has 3 atom stereocenters. The van der Waals surface area contributed by atoms with Crippen molar-refractivity contribution in [1.29, 1.82) is 0 Å². The summed E-state index contributed by atoms with van der Waals surface area (Å²) in [6.07, 6.45) is 11.5. The van der Waals surface area contributed by atoms with E-state index in [9.17, 15) is 0 Å². The van der Waals surface area contributed by atoms with Crippen LogP contribution in [0.4, 0.5) is 0 Å². The summed E-state index contributed by atoms with van der Waals surface area (Å²) in [6.45, 7) is 3.44. The molecule has 18 heavy (non-hydrogen) atoms. The van der Waals surface area contributed by atoms with E-state index in [0.717, 1.165) is 6.54 Å². The molecule has 0 saturated carbocycles. The number of hydrogen-bond acceptors (Lipinski definition) is 1. The van der Waals surface area contributed by atoms with E-state index < -0.39 is 0 Å². The van der Waals surface area contributed by atoms with Gasteiger partial charge in [0.1, 0.15) is 0 Å². The average molecular weight is 235 g/mol. The SMILES string of the molecule is CC12CNC(=CC3C=CC=CC31)c1ccccc12. The summed E-state index contributed by atoms with van der Waals surface area (Å²) in [4.78, 5) is 0. The molecule has 2 aliphatic heterocycles. The van der Waals surface area contributed by atoms with Crippen LogP contribution in [-0.2, 0) is 5.41 Å². The van der Waals surface area contributed by atoms with Crippen molar-refractivity contribution in [3.8, 4) is 0 Å². The Hall–Kier alpha value is -1.76. The molecule has 0 aromatic heterocycles. The van der Waals surface area contributed by atoms with E-state index in [0.29, 0.717) is 11.8 Å². The summed E-state index contributed by atoms with van der Waals surface area (Å²) < 4.78 is 0. The van der Waals surface area contributed by atoms with Crippen LogP contribution in [0.15, 0.2) is 54.6 Å². The van der Waals surface area contributed by atoms with Gasteiger partial charge < -0.3 is 5.32 Å². The van der Waals surface area contributed by atoms with E-state index in [1.807, 2.05) is 0 Å². The van der Waals surface area contributed by atoms with Gasteiger partial charge in [-0.1, -0.05) is 61.6 Å². The fourth-order valence-electron chi connectivity index (χ4n) is 3.74. The van der Waals surface area contributed by atoms with Gasteiger partial charge in [0.15, 0.2) is 0 Å². The molecule has 3 unspecified atom stereocenters. The number of nitrogens with one attached hydrogen (secondary N) is 1. The van der Waals surface area contributed by atoms with Crippen molar-refractivity contribution in [3.05, 3.63) is 65.8 Å². The molecule has 2 bridgehead atoms. The van der Waals surface area contributed by atoms with E-state index in [-0.39, 0.29) is 5.41 Å². The van der Waals surface area contributed by atoms with E-state index in [1.165, 1.54) is 16.8 Å². The second-order valence-corrected chi connectivity index (χ2v) is 5.77. The van der Waals surface area contributed by atoms with Crippen LogP contribution < -0.4 is 5.32 Å². The second kappa shape index (κ2) is 3.38. The highest BCUT2D eigenvalue weighted by atomic mass is 14.9. The van der Waals surface area contributed by atoms with Crippen LogP contribution >= 0.6 is 0 Å². The highest BCUT2D eigenvalue weighted by Crippen LogP contribution is 2.48. The molecule has 1 aromatic rings. The number of benzene rings is 1. The molecule has 1 nitrogen and oxygen atoms in total. The summed E-state index contributed by atoms with van der Waals surface area (Å²) in [7, 11) is 0. The lowest BCUT2D eigenvalue weighted by atomic mass is 9.65. The van der Waals surface area contributed by atoms with Gasteiger partial charge in [0.25, 0.3) is 0 Å². The van der Waals surface area contributed by atoms with Gasteiger partial charge in [-0.3, -0.25) is 0 Å². The van der Waals surface area contributed by atoms with Crippen LogP contribution in [-0.4, -0.2) is 6.54 Å². The van der Waals surface area contributed by atoms with Crippen molar-refractivity contribution in [2.45, 2.75) is 12.3 Å². The molecule has 0 fully saturated rings. The van der Waals surface area contributed by atoms with Gasteiger partial charge in [0.05, 0.1) is 0 Å². The second-order valence-electron chi connectivity index (χ2n) is 5.77. The lowest BCUT2D eigenvalue weighted by molar-refractivity contribution is 0.310. The molecule has 1 heteroatoms. The van der Waals surface area contributed by atoms with Crippen LogP contribution in [0.2, 0.25) is 0 Å². The third kappa shape index (κ3) is 1.17. The zero-order valence-electron chi connectivity index (χ0n) is 10.6. The maximum atomic E-state index is 3.63. The smallest absolute Gasteiger partial charge is 0.0382 e. The summed E-state index contributed by atoms with van der Waals surface area (Å²) in [5.41, 5.74) is 4.40. The van der Waals surface area contributed by atoms with Gasteiger partial charge in [0, 0.05) is 29.1 Å². The van der Waals surface area contributed by atoms with E-state index in [2.05, 4.69) is 66.9 Å². The topological polar surface area (TPSA) is 12.0 Å². The van der Waals surface area contributed by atoms with Gasteiger partial charge in [-0.25, -0.2) is 0 Å². The molecular formula is C17H17N. The quantitative estimate of drug-likeness (QED) is 0.728. The van der Waals surface area contributed by atoms with Crippen LogP contribution in [0.5, 0.6) is 0 Å². The molecule has 0 radical (unpaired) electrons. The minimum atomic E-state index is 0.193. The lowest BCUT2D eigenvalue weighted by Crippen LogP contribution is -2.44. The summed E-state index contributed by atoms with van der Waals surface area (Å²) in [5, 5.41) is 3.63. The maximum absolute atomic E-state index is 3.63. The van der Waals surface area contributed by atoms with Crippen molar-refractivity contribution in [3.63, 3.8) is 0 Å². The van der Waals surface area contributed by atoms with Crippen LogP contribution in [0, 0.1) is 11.8 Å². The van der Waals surface area contributed by atoms with Crippen LogP contribution in [0.25, 0.3) is 5.70 Å². The Labute approximate surface area is 108 Å². The normalized spacial score (nSPS) is 35.3. The molecule has 90 valence electrons. The summed E-state index contributed by atoms with van der Waals surface area (Å²) >= 11 is 0. The zero-order chi connectivity index (χ0) is 12.2. The molecule has 0 saturated heterocycles. The van der Waals surface area contributed by atoms with Gasteiger partial charge in [0.2, 0.25) is 0 Å². The van der Waals surface area contributed by atoms with Crippen molar-refractivity contribution < 1.29 is 0 Å². The first kappa shape index (κ1) is 10.2. The Morgan fingerprint density at radius 3 is 2.94 bits per heavy atom. The minimum Gasteiger partial charge on any atom is -0.384 e. The number of allylic oxidation sites excluding steroid dienone is 5. The highest BCUT2D eigenvalue weighted by Gasteiger charge is 2.44. The molecule has 0 amide bonds. The standard InChI is InChI=1S/C17H17N/c1-17-11-18-16(13-7-3-5-9-15(13)17)10-12-6-2-4-8-14(12)17/h2-10,12,14,18H,11H2,1H3. The third-order valence-corrected chi connectivity index (χ3v) is 4.75. The predicted molar refractivity (Wildman–Crippen MR) is 75.0 cm³/mol. The number of rotatable bonds is 0. The molecule has 4 aliphatic rings. The molecule has 2 aliphatic carbocycles. The van der Waals surface area contributed by atoms with E-state index in [4.69, 9.17) is 0 Å². The third-order valence-electron chi connectivity index (χ3n) is 4.75. The predicted octanol–water partition coefficient (Wildman–Crippen LogP) is 3.26. The van der Waals surface area contributed by atoms with Gasteiger partial charge in [-0.15, -0.1) is 0 Å². The number of fused-ring (bicyclic) bond motifs is 1. The minimum absolute atomic E-state index is 0.193. The van der Waals surface area contributed by atoms with Crippen molar-refractivity contribution >= 4 is 5.70 Å². The molecule has 1 aromatic carbocycles. The van der Waals surface area contributed by atoms with Crippen LogP contribution in [0.3, 0.4) is 0 Å². The Kier molecular flexibility index (Phi) is 1.91. The van der Waals surface area contributed by atoms with Crippen molar-refractivity contribution in [2.75, 3.05) is 6.54 Å². The Balaban J connectivity index is 2.01. The Morgan fingerprint density at radius 2 is 2.00 bits per heavy atom. The highest BCUT2D eigenvalue weighted by molar-refractivity contribution is 5.72. The van der Waals surface area contributed by atoms with Crippen molar-refractivity contribution in [2.24, 2.45) is 11.8 Å².